The van der Waals surface area contributed by atoms with Gasteiger partial charge >= 0.3 is 0 Å². The van der Waals surface area contributed by atoms with Gasteiger partial charge in [0.05, 0.1) is 28.9 Å². The number of nitrogens with one attached hydrogen (secondary N) is 2. The van der Waals surface area contributed by atoms with Gasteiger partial charge in [-0.05, 0) is 42.0 Å². The van der Waals surface area contributed by atoms with E-state index in [0.717, 1.165) is 17.0 Å². The highest BCUT2D eigenvalue weighted by atomic mass is 32.2. The first-order valence-corrected chi connectivity index (χ1v) is 10.2. The van der Waals surface area contributed by atoms with E-state index in [1.165, 1.54) is 15.3 Å². The summed E-state index contributed by atoms with van der Waals surface area (Å²) in [5.41, 5.74) is 4.36. The molecular formula is C22H20N6S. The van der Waals surface area contributed by atoms with Crippen molar-refractivity contribution in [1.29, 1.82) is 16.1 Å². The van der Waals surface area contributed by atoms with Crippen LogP contribution < -0.4 is 10.4 Å². The molecule has 2 heterocycles. The molecule has 3 aromatic rings. The average Bonchev–Trinajstić information content (AvgIpc) is 3.13. The van der Waals surface area contributed by atoms with E-state index in [1.54, 1.807) is 36.0 Å². The zero-order valence-electron chi connectivity index (χ0n) is 16.2. The van der Waals surface area contributed by atoms with Crippen LogP contribution in [0.1, 0.15) is 24.0 Å². The lowest BCUT2D eigenvalue weighted by Crippen LogP contribution is -2.32. The Morgan fingerprint density at radius 1 is 1.21 bits per heavy atom. The number of anilines is 1. The van der Waals surface area contributed by atoms with Crippen molar-refractivity contribution in [2.24, 2.45) is 0 Å². The minimum Gasteiger partial charge on any atom is -0.364 e. The van der Waals surface area contributed by atoms with Crippen LogP contribution >= 0.6 is 11.8 Å². The number of benzene rings is 2. The maximum atomic E-state index is 9.13. The van der Waals surface area contributed by atoms with Crippen LogP contribution in [0.15, 0.2) is 59.5 Å². The molecule has 6 nitrogen and oxygen atoms in total. The number of rotatable bonds is 3. The SMILES string of the molecule is C[C@H](C(=N)n1nc(-c2cccc(C#N)c2)ccc1=N)c1ccc2c(c1)SCN2C. The smallest absolute Gasteiger partial charge is 0.148 e. The first-order chi connectivity index (χ1) is 14.0. The van der Waals surface area contributed by atoms with Gasteiger partial charge in [-0.1, -0.05) is 25.1 Å². The normalized spacial score (nSPS) is 13.6. The summed E-state index contributed by atoms with van der Waals surface area (Å²) in [6.45, 7) is 1.96. The quantitative estimate of drug-likeness (QED) is 0.513. The summed E-state index contributed by atoms with van der Waals surface area (Å²) in [6.07, 6.45) is 0. The Balaban J connectivity index is 1.68. The van der Waals surface area contributed by atoms with Crippen molar-refractivity contribution >= 4 is 23.3 Å². The lowest BCUT2D eigenvalue weighted by Gasteiger charge is -2.17. The third-order valence-corrected chi connectivity index (χ3v) is 6.22. The van der Waals surface area contributed by atoms with Gasteiger partial charge in [0.25, 0.3) is 0 Å². The first kappa shape index (κ1) is 19.0. The molecule has 1 aliphatic heterocycles. The number of fused-ring (bicyclic) bond motifs is 1. The lowest BCUT2D eigenvalue weighted by molar-refractivity contribution is 0.770. The lowest BCUT2D eigenvalue weighted by atomic mass is 9.99. The Morgan fingerprint density at radius 3 is 2.83 bits per heavy atom. The molecule has 2 N–H and O–H groups in total. The van der Waals surface area contributed by atoms with Gasteiger partial charge < -0.3 is 4.90 Å². The summed E-state index contributed by atoms with van der Waals surface area (Å²) in [7, 11) is 2.07. The average molecular weight is 401 g/mol. The predicted octanol–water partition coefficient (Wildman–Crippen LogP) is 4.03. The molecule has 4 rings (SSSR count). The van der Waals surface area contributed by atoms with Crippen molar-refractivity contribution in [3.05, 3.63) is 71.2 Å². The summed E-state index contributed by atoms with van der Waals surface area (Å²) < 4.78 is 1.37. The summed E-state index contributed by atoms with van der Waals surface area (Å²) in [4.78, 5) is 3.42. The van der Waals surface area contributed by atoms with Crippen molar-refractivity contribution in [2.75, 3.05) is 17.8 Å². The third-order valence-electron chi connectivity index (χ3n) is 5.07. The maximum Gasteiger partial charge on any atom is 0.148 e. The molecule has 7 heteroatoms. The molecule has 0 saturated heterocycles. The van der Waals surface area contributed by atoms with Crippen LogP contribution in [0.4, 0.5) is 5.69 Å². The summed E-state index contributed by atoms with van der Waals surface area (Å²) in [5.74, 6) is 0.959. The molecular weight excluding hydrogens is 380 g/mol. The number of hydrogen-bond donors (Lipinski definition) is 2. The zero-order chi connectivity index (χ0) is 20.5. The number of aromatic nitrogens is 2. The highest BCUT2D eigenvalue weighted by molar-refractivity contribution is 7.99. The van der Waals surface area contributed by atoms with E-state index in [-0.39, 0.29) is 17.2 Å². The van der Waals surface area contributed by atoms with Crippen LogP contribution in [0, 0.1) is 22.1 Å². The molecule has 0 fully saturated rings. The van der Waals surface area contributed by atoms with E-state index < -0.39 is 0 Å². The van der Waals surface area contributed by atoms with E-state index >= 15 is 0 Å². The van der Waals surface area contributed by atoms with Crippen LogP contribution in [-0.4, -0.2) is 28.5 Å². The second-order valence-electron chi connectivity index (χ2n) is 7.01. The number of nitrogens with zero attached hydrogens (tertiary/aromatic N) is 4. The second kappa shape index (κ2) is 7.57. The van der Waals surface area contributed by atoms with Crippen LogP contribution in [0.25, 0.3) is 11.3 Å². The minimum atomic E-state index is -0.214. The van der Waals surface area contributed by atoms with Gasteiger partial charge in [0.1, 0.15) is 11.3 Å². The molecule has 0 unspecified atom stereocenters. The van der Waals surface area contributed by atoms with E-state index in [4.69, 9.17) is 16.1 Å². The van der Waals surface area contributed by atoms with Crippen molar-refractivity contribution in [2.45, 2.75) is 17.7 Å². The molecule has 2 aromatic carbocycles. The van der Waals surface area contributed by atoms with Crippen molar-refractivity contribution in [3.8, 4) is 17.3 Å². The summed E-state index contributed by atoms with van der Waals surface area (Å²) in [5, 5.41) is 30.6. The topological polar surface area (TPSA) is 92.5 Å². The molecule has 0 spiro atoms. The molecule has 29 heavy (non-hydrogen) atoms. The molecule has 0 amide bonds. The Labute approximate surface area is 173 Å². The van der Waals surface area contributed by atoms with Crippen LogP contribution in [0.2, 0.25) is 0 Å². The predicted molar refractivity (Wildman–Crippen MR) is 115 cm³/mol. The van der Waals surface area contributed by atoms with Gasteiger partial charge in [0, 0.05) is 23.4 Å². The Kier molecular flexibility index (Phi) is 4.95. The molecule has 144 valence electrons. The molecule has 0 saturated carbocycles. The third kappa shape index (κ3) is 3.55. The van der Waals surface area contributed by atoms with Gasteiger partial charge in [-0.3, -0.25) is 10.8 Å². The standard InChI is InChI=1S/C22H20N6S/c1-14(16-6-8-19-20(11-16)29-13-27(19)2)22(25)28-21(24)9-7-18(26-28)17-5-3-4-15(10-17)12-23/h3-11,14,24-25H,13H2,1-2H3/t14-/m0/s1. The zero-order valence-corrected chi connectivity index (χ0v) is 17.0. The largest absolute Gasteiger partial charge is 0.364 e. The first-order valence-electron chi connectivity index (χ1n) is 9.20. The van der Waals surface area contributed by atoms with Crippen LogP contribution in [0.5, 0.6) is 0 Å². The van der Waals surface area contributed by atoms with Crippen molar-refractivity contribution in [3.63, 3.8) is 0 Å². The van der Waals surface area contributed by atoms with E-state index in [2.05, 4.69) is 35.2 Å². The van der Waals surface area contributed by atoms with Gasteiger partial charge in [-0.15, -0.1) is 11.8 Å². The van der Waals surface area contributed by atoms with E-state index in [1.807, 2.05) is 25.1 Å². The molecule has 1 aromatic heterocycles. The van der Waals surface area contributed by atoms with Gasteiger partial charge in [0.15, 0.2) is 0 Å². The van der Waals surface area contributed by atoms with E-state index in [0.29, 0.717) is 11.3 Å². The van der Waals surface area contributed by atoms with Gasteiger partial charge in [-0.2, -0.15) is 10.4 Å². The molecule has 1 atom stereocenters. The summed E-state index contributed by atoms with van der Waals surface area (Å²) >= 11 is 1.79. The van der Waals surface area contributed by atoms with Crippen molar-refractivity contribution in [1.82, 2.24) is 9.78 Å². The molecule has 0 bridgehead atoms. The maximum absolute atomic E-state index is 9.13. The van der Waals surface area contributed by atoms with Crippen LogP contribution in [-0.2, 0) is 0 Å². The fourth-order valence-corrected chi connectivity index (χ4v) is 4.38. The van der Waals surface area contributed by atoms with E-state index in [9.17, 15) is 0 Å². The van der Waals surface area contributed by atoms with Gasteiger partial charge in [0.2, 0.25) is 0 Å². The Bertz CT molecular complexity index is 1210. The van der Waals surface area contributed by atoms with Crippen molar-refractivity contribution < 1.29 is 0 Å². The number of hydrogen-bond acceptors (Lipinski definition) is 6. The Morgan fingerprint density at radius 2 is 2.03 bits per heavy atom. The Hall–Kier alpha value is -3.37. The number of thioether (sulfide) groups is 1. The van der Waals surface area contributed by atoms with Crippen LogP contribution in [0.3, 0.4) is 0 Å². The highest BCUT2D eigenvalue weighted by Gasteiger charge is 2.21. The highest BCUT2D eigenvalue weighted by Crippen LogP contribution is 2.39. The summed E-state index contributed by atoms with van der Waals surface area (Å²) in [6, 6.07) is 19.0. The molecule has 0 aliphatic carbocycles. The minimum absolute atomic E-state index is 0.150. The monoisotopic (exact) mass is 400 g/mol. The van der Waals surface area contributed by atoms with Gasteiger partial charge in [-0.25, -0.2) is 4.68 Å². The fraction of sp³-hybridized carbons (Fsp3) is 0.182. The fourth-order valence-electron chi connectivity index (χ4n) is 3.32. The molecule has 0 radical (unpaired) electrons. The number of nitriles is 1. The molecule has 1 aliphatic rings. The second-order valence-corrected chi connectivity index (χ2v) is 8.00.